The standard InChI is InChI=1S/C15H20N4O/c1-2-20-12-7-10(8-12)9-13-14(15(16)19-18-13)11-3-5-17-6-4-11/h3-6,10,12H,2,7-9H2,1H3,(H3,16,18,19). The van der Waals surface area contributed by atoms with Gasteiger partial charge < -0.3 is 10.5 Å². The molecular weight excluding hydrogens is 252 g/mol. The Morgan fingerprint density at radius 3 is 2.80 bits per heavy atom. The highest BCUT2D eigenvalue weighted by Crippen LogP contribution is 2.36. The summed E-state index contributed by atoms with van der Waals surface area (Å²) in [5.41, 5.74) is 9.21. The molecule has 0 bridgehead atoms. The topological polar surface area (TPSA) is 76.8 Å². The second-order valence-electron chi connectivity index (χ2n) is 5.32. The summed E-state index contributed by atoms with van der Waals surface area (Å²) in [4.78, 5) is 4.05. The van der Waals surface area contributed by atoms with Crippen LogP contribution in [0.2, 0.25) is 0 Å². The lowest BCUT2D eigenvalue weighted by Gasteiger charge is -2.34. The molecule has 1 aliphatic rings. The van der Waals surface area contributed by atoms with Crippen LogP contribution in [0, 0.1) is 5.92 Å². The molecule has 2 heterocycles. The van der Waals surface area contributed by atoms with Gasteiger partial charge in [-0.3, -0.25) is 10.1 Å². The fourth-order valence-electron chi connectivity index (χ4n) is 2.88. The zero-order valence-corrected chi connectivity index (χ0v) is 11.7. The van der Waals surface area contributed by atoms with Gasteiger partial charge in [-0.25, -0.2) is 0 Å². The van der Waals surface area contributed by atoms with Crippen molar-refractivity contribution in [2.24, 2.45) is 5.92 Å². The van der Waals surface area contributed by atoms with Gasteiger partial charge >= 0.3 is 0 Å². The smallest absolute Gasteiger partial charge is 0.153 e. The van der Waals surface area contributed by atoms with Crippen molar-refractivity contribution >= 4 is 5.82 Å². The molecule has 1 aliphatic carbocycles. The average Bonchev–Trinajstić information content (AvgIpc) is 2.78. The number of hydrogen-bond donors (Lipinski definition) is 2. The van der Waals surface area contributed by atoms with Gasteiger partial charge in [0.1, 0.15) is 0 Å². The van der Waals surface area contributed by atoms with Crippen molar-refractivity contribution in [2.45, 2.75) is 32.3 Å². The molecule has 0 aliphatic heterocycles. The molecule has 0 aromatic carbocycles. The highest BCUT2D eigenvalue weighted by Gasteiger charge is 2.31. The molecule has 1 fully saturated rings. The molecule has 3 N–H and O–H groups in total. The number of pyridine rings is 1. The predicted molar refractivity (Wildman–Crippen MR) is 78.1 cm³/mol. The molecule has 5 heteroatoms. The molecule has 5 nitrogen and oxygen atoms in total. The summed E-state index contributed by atoms with van der Waals surface area (Å²) in [5, 5.41) is 7.24. The summed E-state index contributed by atoms with van der Waals surface area (Å²) in [6.07, 6.45) is 7.23. The molecule has 20 heavy (non-hydrogen) atoms. The van der Waals surface area contributed by atoms with Gasteiger partial charge in [0, 0.05) is 30.3 Å². The van der Waals surface area contributed by atoms with Crippen LogP contribution < -0.4 is 5.73 Å². The van der Waals surface area contributed by atoms with Gasteiger partial charge in [0.25, 0.3) is 0 Å². The molecule has 1 saturated carbocycles. The van der Waals surface area contributed by atoms with E-state index in [1.807, 2.05) is 19.1 Å². The second kappa shape index (κ2) is 5.63. The predicted octanol–water partition coefficient (Wildman–Crippen LogP) is 2.41. The van der Waals surface area contributed by atoms with Gasteiger partial charge in [-0.15, -0.1) is 0 Å². The number of aromatic nitrogens is 3. The third kappa shape index (κ3) is 2.54. The van der Waals surface area contributed by atoms with E-state index in [-0.39, 0.29) is 0 Å². The number of nitrogens with two attached hydrogens (primary N) is 1. The van der Waals surface area contributed by atoms with Crippen molar-refractivity contribution in [3.05, 3.63) is 30.2 Å². The summed E-state index contributed by atoms with van der Waals surface area (Å²) < 4.78 is 5.61. The molecular formula is C15H20N4O. The van der Waals surface area contributed by atoms with Gasteiger partial charge in [0.15, 0.2) is 5.82 Å². The first kappa shape index (κ1) is 13.1. The lowest BCUT2D eigenvalue weighted by molar-refractivity contribution is -0.0242. The van der Waals surface area contributed by atoms with Crippen LogP contribution in [-0.2, 0) is 11.2 Å². The molecule has 0 saturated heterocycles. The van der Waals surface area contributed by atoms with Gasteiger partial charge in [0.2, 0.25) is 0 Å². The Kier molecular flexibility index (Phi) is 3.69. The number of anilines is 1. The number of nitrogens with zero attached hydrogens (tertiary/aromatic N) is 2. The third-order valence-corrected chi connectivity index (χ3v) is 3.93. The maximum atomic E-state index is 6.00. The Bertz CT molecular complexity index is 561. The van der Waals surface area contributed by atoms with Crippen LogP contribution in [0.25, 0.3) is 11.1 Å². The normalized spacial score (nSPS) is 21.6. The number of nitrogens with one attached hydrogen (secondary N) is 1. The number of aromatic amines is 1. The highest BCUT2D eigenvalue weighted by molar-refractivity contribution is 5.75. The van der Waals surface area contributed by atoms with E-state index in [9.17, 15) is 0 Å². The van der Waals surface area contributed by atoms with Crippen LogP contribution in [0.1, 0.15) is 25.5 Å². The van der Waals surface area contributed by atoms with Crippen molar-refractivity contribution in [3.63, 3.8) is 0 Å². The maximum Gasteiger partial charge on any atom is 0.153 e. The largest absolute Gasteiger partial charge is 0.382 e. The molecule has 0 atom stereocenters. The van der Waals surface area contributed by atoms with Crippen LogP contribution in [0.5, 0.6) is 0 Å². The SMILES string of the molecule is CCOC1CC(Cc2[nH]nc(N)c2-c2ccncc2)C1. The summed E-state index contributed by atoms with van der Waals surface area (Å²) in [6.45, 7) is 2.85. The van der Waals surface area contributed by atoms with Crippen LogP contribution in [0.4, 0.5) is 5.82 Å². The number of ether oxygens (including phenoxy) is 1. The number of rotatable bonds is 5. The Balaban J connectivity index is 1.72. The van der Waals surface area contributed by atoms with E-state index in [0.717, 1.165) is 42.7 Å². The minimum Gasteiger partial charge on any atom is -0.382 e. The molecule has 106 valence electrons. The molecule has 0 radical (unpaired) electrons. The van der Waals surface area contributed by atoms with Crippen LogP contribution in [0.3, 0.4) is 0 Å². The maximum absolute atomic E-state index is 6.00. The molecule has 2 aromatic heterocycles. The van der Waals surface area contributed by atoms with E-state index >= 15 is 0 Å². The summed E-state index contributed by atoms with van der Waals surface area (Å²) in [5.74, 6) is 1.22. The minimum absolute atomic E-state index is 0.439. The summed E-state index contributed by atoms with van der Waals surface area (Å²) in [6, 6.07) is 3.93. The average molecular weight is 272 g/mol. The minimum atomic E-state index is 0.439. The van der Waals surface area contributed by atoms with Gasteiger partial charge in [-0.2, -0.15) is 5.10 Å². The van der Waals surface area contributed by atoms with E-state index in [1.54, 1.807) is 12.4 Å². The second-order valence-corrected chi connectivity index (χ2v) is 5.32. The van der Waals surface area contributed by atoms with E-state index < -0.39 is 0 Å². The first-order chi connectivity index (χ1) is 9.78. The van der Waals surface area contributed by atoms with Gasteiger partial charge in [0.05, 0.1) is 6.10 Å². The zero-order chi connectivity index (χ0) is 13.9. The van der Waals surface area contributed by atoms with Crippen molar-refractivity contribution in [1.82, 2.24) is 15.2 Å². The fraction of sp³-hybridized carbons (Fsp3) is 0.467. The number of hydrogen-bond acceptors (Lipinski definition) is 4. The van der Waals surface area contributed by atoms with Crippen LogP contribution in [0.15, 0.2) is 24.5 Å². The van der Waals surface area contributed by atoms with Gasteiger partial charge in [-0.05, 0) is 49.8 Å². The van der Waals surface area contributed by atoms with E-state index in [2.05, 4.69) is 15.2 Å². The monoisotopic (exact) mass is 272 g/mol. The van der Waals surface area contributed by atoms with Crippen molar-refractivity contribution < 1.29 is 4.74 Å². The molecule has 2 aromatic rings. The third-order valence-electron chi connectivity index (χ3n) is 3.93. The number of nitrogen functional groups attached to an aromatic ring is 1. The van der Waals surface area contributed by atoms with Crippen LogP contribution in [-0.4, -0.2) is 27.9 Å². The Morgan fingerprint density at radius 1 is 1.35 bits per heavy atom. The molecule has 0 spiro atoms. The molecule has 3 rings (SSSR count). The molecule has 0 unspecified atom stereocenters. The highest BCUT2D eigenvalue weighted by atomic mass is 16.5. The Labute approximate surface area is 118 Å². The van der Waals surface area contributed by atoms with Crippen molar-refractivity contribution in [3.8, 4) is 11.1 Å². The summed E-state index contributed by atoms with van der Waals surface area (Å²) in [7, 11) is 0. The van der Waals surface area contributed by atoms with E-state index in [4.69, 9.17) is 10.5 Å². The first-order valence-electron chi connectivity index (χ1n) is 7.12. The fourth-order valence-corrected chi connectivity index (χ4v) is 2.88. The summed E-state index contributed by atoms with van der Waals surface area (Å²) >= 11 is 0. The van der Waals surface area contributed by atoms with Crippen LogP contribution >= 0.6 is 0 Å². The lowest BCUT2D eigenvalue weighted by atomic mass is 9.78. The Hall–Kier alpha value is -1.88. The lowest BCUT2D eigenvalue weighted by Crippen LogP contribution is -2.32. The van der Waals surface area contributed by atoms with Crippen molar-refractivity contribution in [1.29, 1.82) is 0 Å². The zero-order valence-electron chi connectivity index (χ0n) is 11.7. The van der Waals surface area contributed by atoms with Crippen molar-refractivity contribution in [2.75, 3.05) is 12.3 Å². The van der Waals surface area contributed by atoms with E-state index in [0.29, 0.717) is 17.8 Å². The van der Waals surface area contributed by atoms with E-state index in [1.165, 1.54) is 0 Å². The molecule has 0 amide bonds. The number of H-pyrrole nitrogens is 1. The van der Waals surface area contributed by atoms with Gasteiger partial charge in [-0.1, -0.05) is 0 Å². The quantitative estimate of drug-likeness (QED) is 0.876. The first-order valence-corrected chi connectivity index (χ1v) is 7.12. The Morgan fingerprint density at radius 2 is 2.10 bits per heavy atom.